The van der Waals surface area contributed by atoms with Gasteiger partial charge in [0, 0.05) is 19.7 Å². The summed E-state index contributed by atoms with van der Waals surface area (Å²) in [4.78, 5) is 12.6. The molecule has 1 N–H and O–H groups in total. The number of hydrogen-bond donors (Lipinski definition) is 1. The molecular weight excluding hydrogens is 342 g/mol. The number of carbonyl (C=O) groups excluding carboxylic acids is 1. The second kappa shape index (κ2) is 7.89. The molecule has 6 nitrogen and oxygen atoms in total. The number of aryl methyl sites for hydroxylation is 1. The van der Waals surface area contributed by atoms with Crippen LogP contribution in [0.4, 0.5) is 0 Å². The smallest absolute Gasteiger partial charge is 0.263 e. The van der Waals surface area contributed by atoms with Gasteiger partial charge in [0.1, 0.15) is 0 Å². The number of nitrogens with zero attached hydrogens (tertiary/aromatic N) is 2. The van der Waals surface area contributed by atoms with Crippen molar-refractivity contribution in [3.05, 3.63) is 23.8 Å². The van der Waals surface area contributed by atoms with Crippen molar-refractivity contribution in [3.8, 4) is 5.88 Å². The average Bonchev–Trinajstić information content (AvgIpc) is 3.35. The molecule has 0 atom stereocenters. The number of ether oxygens (including phenoxy) is 2. The van der Waals surface area contributed by atoms with E-state index >= 15 is 0 Å². The molecule has 27 heavy (non-hydrogen) atoms. The molecule has 6 heteroatoms. The van der Waals surface area contributed by atoms with Gasteiger partial charge in [0.05, 0.1) is 17.5 Å². The van der Waals surface area contributed by atoms with Crippen LogP contribution in [0.25, 0.3) is 10.9 Å². The van der Waals surface area contributed by atoms with Crippen LogP contribution in [0.1, 0.15) is 52.5 Å². The monoisotopic (exact) mass is 373 g/mol. The summed E-state index contributed by atoms with van der Waals surface area (Å²) in [6.07, 6.45) is 3.13. The predicted molar refractivity (Wildman–Crippen MR) is 106 cm³/mol. The second-order valence-electron chi connectivity index (χ2n) is 8.36. The van der Waals surface area contributed by atoms with Gasteiger partial charge in [0.2, 0.25) is 5.88 Å². The molecule has 0 radical (unpaired) electrons. The molecule has 0 aliphatic heterocycles. The largest absolute Gasteiger partial charge is 0.460 e. The normalized spacial score (nSPS) is 14.7. The number of fused-ring (bicyclic) bond motifs is 1. The Bertz CT molecular complexity index is 806. The number of rotatable bonds is 9. The van der Waals surface area contributed by atoms with Crippen LogP contribution >= 0.6 is 0 Å². The highest BCUT2D eigenvalue weighted by molar-refractivity contribution is 5.88. The third kappa shape index (κ3) is 4.80. The number of amides is 1. The minimum Gasteiger partial charge on any atom is -0.460 e. The first-order chi connectivity index (χ1) is 12.8. The van der Waals surface area contributed by atoms with Crippen LogP contribution in [0, 0.1) is 5.92 Å². The maximum atomic E-state index is 12.6. The van der Waals surface area contributed by atoms with E-state index in [0.717, 1.165) is 42.3 Å². The van der Waals surface area contributed by atoms with Crippen molar-refractivity contribution >= 4 is 16.8 Å². The summed E-state index contributed by atoms with van der Waals surface area (Å²) in [5, 5.41) is 8.64. The Morgan fingerprint density at radius 3 is 2.74 bits per heavy atom. The van der Waals surface area contributed by atoms with E-state index in [1.807, 2.05) is 16.8 Å². The van der Waals surface area contributed by atoms with Crippen molar-refractivity contribution in [2.75, 3.05) is 7.11 Å². The Hall–Kier alpha value is -2.08. The number of carbonyl (C=O) groups is 1. The fourth-order valence-corrected chi connectivity index (χ4v) is 2.95. The molecule has 1 amide bonds. The number of hydrogen-bond acceptors (Lipinski definition) is 4. The van der Waals surface area contributed by atoms with Crippen molar-refractivity contribution in [1.29, 1.82) is 0 Å². The third-order valence-corrected chi connectivity index (χ3v) is 4.82. The summed E-state index contributed by atoms with van der Waals surface area (Å²) in [5.74, 6) is 0.993. The molecule has 0 bridgehead atoms. The number of benzene rings is 1. The van der Waals surface area contributed by atoms with E-state index in [1.165, 1.54) is 0 Å². The van der Waals surface area contributed by atoms with Crippen LogP contribution in [-0.4, -0.2) is 34.4 Å². The zero-order valence-corrected chi connectivity index (χ0v) is 17.0. The standard InChI is InChI=1S/C21H31N3O3/c1-14(2)10-11-24-18-9-6-15(13-26-5)12-17(18)19(23-24)27-21(3,4)20(25)22-16-7-8-16/h6,9,12,14,16H,7-8,10-11,13H2,1-5H3,(H,22,25). The topological polar surface area (TPSA) is 65.4 Å². The lowest BCUT2D eigenvalue weighted by Gasteiger charge is -2.24. The summed E-state index contributed by atoms with van der Waals surface area (Å²) in [7, 11) is 1.68. The maximum Gasteiger partial charge on any atom is 0.263 e. The molecule has 0 unspecified atom stereocenters. The highest BCUT2D eigenvalue weighted by Gasteiger charge is 2.35. The van der Waals surface area contributed by atoms with Gasteiger partial charge in [-0.25, -0.2) is 0 Å². The molecule has 0 spiro atoms. The highest BCUT2D eigenvalue weighted by atomic mass is 16.5. The maximum absolute atomic E-state index is 12.6. The van der Waals surface area contributed by atoms with E-state index in [4.69, 9.17) is 14.6 Å². The van der Waals surface area contributed by atoms with Crippen LogP contribution in [0.3, 0.4) is 0 Å². The van der Waals surface area contributed by atoms with E-state index in [2.05, 4.69) is 25.2 Å². The van der Waals surface area contributed by atoms with Crippen LogP contribution < -0.4 is 10.1 Å². The fourth-order valence-electron chi connectivity index (χ4n) is 2.95. The zero-order valence-electron chi connectivity index (χ0n) is 17.0. The van der Waals surface area contributed by atoms with E-state index < -0.39 is 5.60 Å². The Kier molecular flexibility index (Phi) is 5.75. The third-order valence-electron chi connectivity index (χ3n) is 4.82. The summed E-state index contributed by atoms with van der Waals surface area (Å²) >= 11 is 0. The number of aromatic nitrogens is 2. The molecule has 1 aromatic carbocycles. The molecule has 2 aromatic rings. The van der Waals surface area contributed by atoms with E-state index in [9.17, 15) is 4.79 Å². The Morgan fingerprint density at radius 2 is 2.11 bits per heavy atom. The van der Waals surface area contributed by atoms with Crippen molar-refractivity contribution in [3.63, 3.8) is 0 Å². The molecule has 148 valence electrons. The average molecular weight is 373 g/mol. The second-order valence-corrected chi connectivity index (χ2v) is 8.36. The molecule has 3 rings (SSSR count). The van der Waals surface area contributed by atoms with E-state index in [0.29, 0.717) is 24.4 Å². The van der Waals surface area contributed by atoms with Crippen LogP contribution in [-0.2, 0) is 22.7 Å². The van der Waals surface area contributed by atoms with Gasteiger partial charge in [-0.1, -0.05) is 19.9 Å². The first kappa shape index (κ1) is 19.7. The molecule has 1 aromatic heterocycles. The first-order valence-corrected chi connectivity index (χ1v) is 9.78. The van der Waals surface area contributed by atoms with Gasteiger partial charge >= 0.3 is 0 Å². The minimum atomic E-state index is -0.982. The summed E-state index contributed by atoms with van der Waals surface area (Å²) in [6.45, 7) is 9.33. The zero-order chi connectivity index (χ0) is 19.6. The van der Waals surface area contributed by atoms with Crippen molar-refractivity contribution in [2.24, 2.45) is 5.92 Å². The van der Waals surface area contributed by atoms with Crippen molar-refractivity contribution in [2.45, 2.75) is 71.8 Å². The van der Waals surface area contributed by atoms with E-state index in [1.54, 1.807) is 21.0 Å². The Balaban J connectivity index is 1.91. The lowest BCUT2D eigenvalue weighted by molar-refractivity contribution is -0.134. The highest BCUT2D eigenvalue weighted by Crippen LogP contribution is 2.30. The van der Waals surface area contributed by atoms with Gasteiger partial charge in [0.25, 0.3) is 5.91 Å². The van der Waals surface area contributed by atoms with Gasteiger partial charge in [-0.15, -0.1) is 5.10 Å². The summed E-state index contributed by atoms with van der Waals surface area (Å²) in [6, 6.07) is 6.45. The van der Waals surface area contributed by atoms with Crippen molar-refractivity contribution in [1.82, 2.24) is 15.1 Å². The molecule has 0 saturated heterocycles. The number of nitrogens with one attached hydrogen (secondary N) is 1. The van der Waals surface area contributed by atoms with Crippen LogP contribution in [0.15, 0.2) is 18.2 Å². The Labute approximate surface area is 161 Å². The summed E-state index contributed by atoms with van der Waals surface area (Å²) in [5.41, 5.74) is 1.09. The quantitative estimate of drug-likeness (QED) is 0.728. The molecule has 1 aliphatic carbocycles. The van der Waals surface area contributed by atoms with E-state index in [-0.39, 0.29) is 5.91 Å². The van der Waals surface area contributed by atoms with Crippen molar-refractivity contribution < 1.29 is 14.3 Å². The van der Waals surface area contributed by atoms with Gasteiger partial charge in [-0.2, -0.15) is 0 Å². The molecule has 1 fully saturated rings. The fraction of sp³-hybridized carbons (Fsp3) is 0.619. The van der Waals surface area contributed by atoms with Crippen LogP contribution in [0.5, 0.6) is 5.88 Å². The number of methoxy groups -OCH3 is 1. The SMILES string of the molecule is COCc1ccc2c(c1)c(OC(C)(C)C(=O)NC1CC1)nn2CCC(C)C. The van der Waals surface area contributed by atoms with Gasteiger partial charge < -0.3 is 14.8 Å². The lowest BCUT2D eigenvalue weighted by Crippen LogP contribution is -2.47. The molecule has 1 saturated carbocycles. The Morgan fingerprint density at radius 1 is 1.37 bits per heavy atom. The lowest BCUT2D eigenvalue weighted by atomic mass is 10.1. The predicted octanol–water partition coefficient (Wildman–Crippen LogP) is 3.66. The molecule has 1 heterocycles. The van der Waals surface area contributed by atoms with Gasteiger partial charge in [-0.05, 0) is 56.7 Å². The van der Waals surface area contributed by atoms with Crippen LogP contribution in [0.2, 0.25) is 0 Å². The minimum absolute atomic E-state index is 0.0945. The molecule has 1 aliphatic rings. The van der Waals surface area contributed by atoms with Gasteiger partial charge in [0.15, 0.2) is 5.60 Å². The van der Waals surface area contributed by atoms with Gasteiger partial charge in [-0.3, -0.25) is 9.48 Å². The molecular formula is C21H31N3O3. The first-order valence-electron chi connectivity index (χ1n) is 9.78. The summed E-state index contributed by atoms with van der Waals surface area (Å²) < 4.78 is 13.4.